The minimum absolute atomic E-state index is 0.346. The topological polar surface area (TPSA) is 116 Å². The molecule has 0 bridgehead atoms. The number of nitrogens with zero attached hydrogens (tertiary/aromatic N) is 4. The summed E-state index contributed by atoms with van der Waals surface area (Å²) in [5, 5.41) is 0. The van der Waals surface area contributed by atoms with Crippen LogP contribution >= 0.6 is 0 Å². The van der Waals surface area contributed by atoms with Gasteiger partial charge in [0.05, 0.1) is 36.9 Å². The van der Waals surface area contributed by atoms with E-state index in [2.05, 4.69) is 57.5 Å². The highest BCUT2D eigenvalue weighted by Gasteiger charge is 2.24. The molecule has 2 heterocycles. The number of hydrogen-bond acceptors (Lipinski definition) is 6. The van der Waals surface area contributed by atoms with E-state index in [0.29, 0.717) is 37.8 Å². The summed E-state index contributed by atoms with van der Waals surface area (Å²) in [4.78, 5) is 44.3. The van der Waals surface area contributed by atoms with Gasteiger partial charge in [0.25, 0.3) is 0 Å². The number of aromatic amines is 2. The van der Waals surface area contributed by atoms with E-state index in [1.54, 1.807) is 22.2 Å². The molecule has 0 atom stereocenters. The van der Waals surface area contributed by atoms with Crippen LogP contribution in [0.1, 0.15) is 91.0 Å². The van der Waals surface area contributed by atoms with Gasteiger partial charge in [0.1, 0.15) is 22.9 Å². The monoisotopic (exact) mass is 704 g/mol. The van der Waals surface area contributed by atoms with E-state index in [4.69, 9.17) is 9.47 Å². The van der Waals surface area contributed by atoms with Crippen molar-refractivity contribution < 1.29 is 19.1 Å². The molecule has 0 fully saturated rings. The number of hydrogen-bond donors (Lipinski definition) is 2. The predicted octanol–water partition coefficient (Wildman–Crippen LogP) is 8.66. The van der Waals surface area contributed by atoms with E-state index in [1.807, 2.05) is 104 Å². The standard InChI is InChI=1S/C38H48N6O4.2C2H2/c1-9-21-43(35(45)47-37(3,4)5)25-33-39-23-31(41-33)29-17-13-27(14-18-29)11-12-28-15-19-30(20-16-28)32-24-40-34(42-32)26-44(22-10-2)36(46)48-38(6,7)8;2*1-2/h13-20,23-24H,9-10,21-22,25-26H2,1-8H3,(H,39,41)(H,40,42);2*1-2H. The molecule has 2 N–H and O–H groups in total. The van der Waals surface area contributed by atoms with Crippen molar-refractivity contribution in [1.29, 1.82) is 0 Å². The molecule has 0 radical (unpaired) electrons. The smallest absolute Gasteiger partial charge is 0.410 e. The van der Waals surface area contributed by atoms with Gasteiger partial charge in [-0.1, -0.05) is 50.0 Å². The van der Waals surface area contributed by atoms with E-state index in [-0.39, 0.29) is 12.2 Å². The molecule has 4 rings (SSSR count). The maximum absolute atomic E-state index is 12.6. The quantitative estimate of drug-likeness (QED) is 0.160. The van der Waals surface area contributed by atoms with Crippen LogP contribution in [0.4, 0.5) is 9.59 Å². The summed E-state index contributed by atoms with van der Waals surface area (Å²) >= 11 is 0. The fraction of sp³-hybridized carbons (Fsp3) is 0.381. The molecular formula is C42H52N6O4. The Morgan fingerprint density at radius 2 is 0.962 bits per heavy atom. The summed E-state index contributed by atoms with van der Waals surface area (Å²) in [5.74, 6) is 7.87. The summed E-state index contributed by atoms with van der Waals surface area (Å²) in [6.45, 7) is 17.1. The first-order valence-corrected chi connectivity index (χ1v) is 17.2. The van der Waals surface area contributed by atoms with Crippen LogP contribution in [0.25, 0.3) is 22.5 Å². The first kappa shape index (κ1) is 42.2. The fourth-order valence-corrected chi connectivity index (χ4v) is 4.81. The minimum atomic E-state index is -0.556. The van der Waals surface area contributed by atoms with Crippen molar-refractivity contribution in [3.05, 3.63) is 83.7 Å². The van der Waals surface area contributed by atoms with Gasteiger partial charge in [-0.05, 0) is 89.8 Å². The summed E-state index contributed by atoms with van der Waals surface area (Å²) in [6, 6.07) is 15.9. The molecular weight excluding hydrogens is 653 g/mol. The van der Waals surface area contributed by atoms with Gasteiger partial charge in [-0.3, -0.25) is 0 Å². The Morgan fingerprint density at radius 3 is 1.25 bits per heavy atom. The summed E-state index contributed by atoms with van der Waals surface area (Å²) < 4.78 is 11.1. The van der Waals surface area contributed by atoms with E-state index in [0.717, 1.165) is 46.5 Å². The zero-order valence-electron chi connectivity index (χ0n) is 31.7. The zero-order valence-corrected chi connectivity index (χ0v) is 31.7. The van der Waals surface area contributed by atoms with Crippen molar-refractivity contribution in [2.45, 2.75) is 92.5 Å². The Morgan fingerprint density at radius 1 is 0.635 bits per heavy atom. The molecule has 2 amide bonds. The van der Waals surface area contributed by atoms with Gasteiger partial charge in [0.2, 0.25) is 0 Å². The molecule has 4 aromatic rings. The lowest BCUT2D eigenvalue weighted by molar-refractivity contribution is 0.0219. The zero-order chi connectivity index (χ0) is 38.9. The number of aromatic nitrogens is 4. The van der Waals surface area contributed by atoms with E-state index >= 15 is 0 Å². The van der Waals surface area contributed by atoms with Gasteiger partial charge in [0.15, 0.2) is 0 Å². The third kappa shape index (κ3) is 13.8. The Kier molecular flexibility index (Phi) is 16.3. The second-order valence-corrected chi connectivity index (χ2v) is 13.7. The normalized spacial score (nSPS) is 10.6. The summed E-state index contributed by atoms with van der Waals surface area (Å²) in [5.41, 5.74) is 4.36. The summed E-state index contributed by atoms with van der Waals surface area (Å²) in [6.07, 6.45) is 20.5. The Balaban J connectivity index is 0.00000226. The molecule has 52 heavy (non-hydrogen) atoms. The molecule has 0 saturated heterocycles. The second-order valence-electron chi connectivity index (χ2n) is 13.7. The highest BCUT2D eigenvalue weighted by molar-refractivity contribution is 5.69. The molecule has 10 heteroatoms. The number of terminal acetylenes is 2. The maximum atomic E-state index is 12.6. The number of ether oxygens (including phenoxy) is 2. The number of carbonyl (C=O) groups is 2. The SMILES string of the molecule is C#C.C#C.CCCN(Cc1ncc(-c2ccc(C#Cc3ccc(-c4cnc(CN(CCC)C(=O)OC(C)(C)C)[nH]4)cc3)cc2)[nH]1)C(=O)OC(C)(C)C. The first-order chi connectivity index (χ1) is 24.7. The number of rotatable bonds is 10. The van der Waals surface area contributed by atoms with Crippen LogP contribution in [0.15, 0.2) is 60.9 Å². The number of nitrogens with one attached hydrogen (secondary N) is 2. The van der Waals surface area contributed by atoms with E-state index in [9.17, 15) is 9.59 Å². The molecule has 0 aliphatic carbocycles. The Hall–Kier alpha value is -5.92. The number of H-pyrrole nitrogens is 2. The molecule has 0 spiro atoms. The van der Waals surface area contributed by atoms with Crippen LogP contribution in [-0.2, 0) is 22.6 Å². The van der Waals surface area contributed by atoms with Gasteiger partial charge in [-0.2, -0.15) is 0 Å². The molecule has 274 valence electrons. The van der Waals surface area contributed by atoms with Crippen LogP contribution in [0.3, 0.4) is 0 Å². The average Bonchev–Trinajstić information content (AvgIpc) is 3.78. The van der Waals surface area contributed by atoms with E-state index < -0.39 is 11.2 Å². The number of imidazole rings is 2. The van der Waals surface area contributed by atoms with Crippen LogP contribution in [0.5, 0.6) is 0 Å². The lowest BCUT2D eigenvalue weighted by Gasteiger charge is -2.26. The maximum Gasteiger partial charge on any atom is 0.410 e. The van der Waals surface area contributed by atoms with Gasteiger partial charge in [-0.15, -0.1) is 25.7 Å². The lowest BCUT2D eigenvalue weighted by atomic mass is 10.1. The summed E-state index contributed by atoms with van der Waals surface area (Å²) in [7, 11) is 0. The van der Waals surface area contributed by atoms with Crippen LogP contribution in [0, 0.1) is 37.5 Å². The van der Waals surface area contributed by atoms with Gasteiger partial charge in [0, 0.05) is 24.2 Å². The van der Waals surface area contributed by atoms with Gasteiger partial charge in [-0.25, -0.2) is 19.6 Å². The highest BCUT2D eigenvalue weighted by atomic mass is 16.6. The predicted molar refractivity (Wildman–Crippen MR) is 208 cm³/mol. The molecule has 2 aromatic carbocycles. The van der Waals surface area contributed by atoms with Crippen LogP contribution < -0.4 is 0 Å². The molecule has 0 saturated carbocycles. The molecule has 10 nitrogen and oxygen atoms in total. The first-order valence-electron chi connectivity index (χ1n) is 17.2. The van der Waals surface area contributed by atoms with Crippen molar-refractivity contribution in [1.82, 2.24) is 29.7 Å². The highest BCUT2D eigenvalue weighted by Crippen LogP contribution is 2.21. The third-order valence-corrected chi connectivity index (χ3v) is 6.97. The van der Waals surface area contributed by atoms with Crippen molar-refractivity contribution >= 4 is 12.2 Å². The van der Waals surface area contributed by atoms with E-state index in [1.165, 1.54) is 0 Å². The Labute approximate surface area is 309 Å². The number of benzene rings is 2. The molecule has 0 aliphatic heterocycles. The molecule has 0 aliphatic rings. The number of carbonyl (C=O) groups excluding carboxylic acids is 2. The van der Waals surface area contributed by atoms with Crippen molar-refractivity contribution in [2.75, 3.05) is 13.1 Å². The minimum Gasteiger partial charge on any atom is -0.444 e. The van der Waals surface area contributed by atoms with Crippen molar-refractivity contribution in [2.24, 2.45) is 0 Å². The van der Waals surface area contributed by atoms with Crippen LogP contribution in [-0.4, -0.2) is 66.2 Å². The fourth-order valence-electron chi connectivity index (χ4n) is 4.81. The number of amides is 2. The van der Waals surface area contributed by atoms with Crippen molar-refractivity contribution in [3.63, 3.8) is 0 Å². The second kappa shape index (κ2) is 20.1. The average molecular weight is 705 g/mol. The van der Waals surface area contributed by atoms with Gasteiger partial charge < -0.3 is 29.2 Å². The third-order valence-electron chi connectivity index (χ3n) is 6.97. The molecule has 2 aromatic heterocycles. The largest absolute Gasteiger partial charge is 0.444 e. The van der Waals surface area contributed by atoms with Crippen molar-refractivity contribution in [3.8, 4) is 60.0 Å². The lowest BCUT2D eigenvalue weighted by Crippen LogP contribution is -2.37. The Bertz CT molecular complexity index is 1680. The molecule has 0 unspecified atom stereocenters. The van der Waals surface area contributed by atoms with Gasteiger partial charge >= 0.3 is 12.2 Å². The van der Waals surface area contributed by atoms with Crippen LogP contribution in [0.2, 0.25) is 0 Å².